The first-order valence-corrected chi connectivity index (χ1v) is 7.82. The number of amides is 1. The first-order valence-electron chi connectivity index (χ1n) is 6.38. The minimum absolute atomic E-state index is 0.000255. The molecule has 1 rings (SSSR count). The van der Waals surface area contributed by atoms with E-state index in [1.165, 1.54) is 28.6 Å². The lowest BCUT2D eigenvalue weighted by molar-refractivity contribution is -0.121. The van der Waals surface area contributed by atoms with E-state index < -0.39 is 28.5 Å². The van der Waals surface area contributed by atoms with Crippen molar-refractivity contribution in [1.82, 2.24) is 4.31 Å². The van der Waals surface area contributed by atoms with E-state index in [9.17, 15) is 18.0 Å². The molecule has 21 heavy (non-hydrogen) atoms. The Labute approximate surface area is 123 Å². The van der Waals surface area contributed by atoms with Crippen molar-refractivity contribution in [1.29, 1.82) is 0 Å². The highest BCUT2D eigenvalue weighted by Crippen LogP contribution is 2.17. The summed E-state index contributed by atoms with van der Waals surface area (Å²) in [5.41, 5.74) is 4.92. The molecule has 8 heteroatoms. The van der Waals surface area contributed by atoms with E-state index in [2.05, 4.69) is 4.74 Å². The molecule has 116 valence electrons. The Kier molecular flexibility index (Phi) is 5.86. The molecule has 0 bridgehead atoms. The van der Waals surface area contributed by atoms with Gasteiger partial charge in [-0.1, -0.05) is 19.9 Å². The third-order valence-corrected chi connectivity index (χ3v) is 4.80. The van der Waals surface area contributed by atoms with Gasteiger partial charge in [-0.3, -0.25) is 4.79 Å². The molecule has 0 spiro atoms. The number of nitrogens with two attached hydrogens (primary N) is 1. The Morgan fingerprint density at radius 2 is 1.86 bits per heavy atom. The van der Waals surface area contributed by atoms with Crippen LogP contribution < -0.4 is 5.73 Å². The molecule has 0 radical (unpaired) electrons. The van der Waals surface area contributed by atoms with Crippen LogP contribution in [-0.4, -0.2) is 44.3 Å². The van der Waals surface area contributed by atoms with Crippen LogP contribution in [0.5, 0.6) is 0 Å². The standard InChI is InChI=1S/C13H18N2O5S/c1-3-15(4-2)21(18,19)11-7-5-6-10(8-11)13(17)20-9-12(14)16/h5-8H,3-4,9H2,1-2H3,(H2,14,16). The molecule has 0 unspecified atom stereocenters. The van der Waals surface area contributed by atoms with E-state index in [4.69, 9.17) is 5.73 Å². The average molecular weight is 314 g/mol. The molecule has 0 aromatic heterocycles. The molecule has 0 aliphatic heterocycles. The van der Waals surface area contributed by atoms with E-state index in [1.54, 1.807) is 13.8 Å². The lowest BCUT2D eigenvalue weighted by Crippen LogP contribution is -2.30. The highest BCUT2D eigenvalue weighted by Gasteiger charge is 2.22. The van der Waals surface area contributed by atoms with Gasteiger partial charge in [0.1, 0.15) is 0 Å². The predicted molar refractivity (Wildman–Crippen MR) is 76.0 cm³/mol. The van der Waals surface area contributed by atoms with Crippen LogP contribution in [0, 0.1) is 0 Å². The van der Waals surface area contributed by atoms with Gasteiger partial charge in [0, 0.05) is 13.1 Å². The molecule has 0 saturated heterocycles. The summed E-state index contributed by atoms with van der Waals surface area (Å²) in [6.45, 7) is 3.56. The maximum absolute atomic E-state index is 12.3. The van der Waals surface area contributed by atoms with Gasteiger partial charge in [-0.25, -0.2) is 13.2 Å². The van der Waals surface area contributed by atoms with Crippen molar-refractivity contribution >= 4 is 21.9 Å². The maximum Gasteiger partial charge on any atom is 0.338 e. The van der Waals surface area contributed by atoms with Gasteiger partial charge in [-0.05, 0) is 18.2 Å². The summed E-state index contributed by atoms with van der Waals surface area (Å²) < 4.78 is 30.6. The Morgan fingerprint density at radius 3 is 2.38 bits per heavy atom. The molecule has 1 aromatic carbocycles. The predicted octanol–water partition coefficient (Wildman–Crippen LogP) is 0.359. The molecule has 0 atom stereocenters. The number of rotatable bonds is 7. The lowest BCUT2D eigenvalue weighted by atomic mass is 10.2. The minimum atomic E-state index is -3.65. The molecule has 0 aliphatic rings. The molecular weight excluding hydrogens is 296 g/mol. The Balaban J connectivity index is 3.05. The molecule has 0 aliphatic carbocycles. The molecule has 1 aromatic rings. The Morgan fingerprint density at radius 1 is 1.24 bits per heavy atom. The molecule has 0 saturated carbocycles. The largest absolute Gasteiger partial charge is 0.452 e. The number of hydrogen-bond donors (Lipinski definition) is 1. The maximum atomic E-state index is 12.3. The second-order valence-electron chi connectivity index (χ2n) is 4.16. The second kappa shape index (κ2) is 7.19. The number of ether oxygens (including phenoxy) is 1. The highest BCUT2D eigenvalue weighted by molar-refractivity contribution is 7.89. The van der Waals surface area contributed by atoms with Crippen LogP contribution in [-0.2, 0) is 19.6 Å². The third-order valence-electron chi connectivity index (χ3n) is 2.76. The number of carbonyl (C=O) groups excluding carboxylic acids is 2. The number of primary amides is 1. The topological polar surface area (TPSA) is 107 Å². The number of sulfonamides is 1. The first-order chi connectivity index (χ1) is 9.82. The monoisotopic (exact) mass is 314 g/mol. The quantitative estimate of drug-likeness (QED) is 0.731. The van der Waals surface area contributed by atoms with E-state index in [0.29, 0.717) is 13.1 Å². The zero-order valence-corrected chi connectivity index (χ0v) is 12.7. The van der Waals surface area contributed by atoms with Gasteiger partial charge in [-0.2, -0.15) is 4.31 Å². The number of benzene rings is 1. The van der Waals surface area contributed by atoms with Gasteiger partial charge in [0.2, 0.25) is 10.0 Å². The Bertz CT molecular complexity index is 623. The number of esters is 1. The summed E-state index contributed by atoms with van der Waals surface area (Å²) in [6, 6.07) is 5.47. The molecule has 1 amide bonds. The molecule has 0 heterocycles. The zero-order chi connectivity index (χ0) is 16.0. The zero-order valence-electron chi connectivity index (χ0n) is 11.9. The summed E-state index contributed by atoms with van der Waals surface area (Å²) in [5.74, 6) is -1.58. The third kappa shape index (κ3) is 4.27. The number of carbonyl (C=O) groups is 2. The van der Waals surface area contributed by atoms with E-state index in [-0.39, 0.29) is 10.5 Å². The number of hydrogen-bond acceptors (Lipinski definition) is 5. The second-order valence-corrected chi connectivity index (χ2v) is 6.10. The van der Waals surface area contributed by atoms with Crippen molar-refractivity contribution in [2.75, 3.05) is 19.7 Å². The van der Waals surface area contributed by atoms with Gasteiger partial charge in [0.25, 0.3) is 5.91 Å². The fraction of sp³-hybridized carbons (Fsp3) is 0.385. The van der Waals surface area contributed by atoms with E-state index in [1.807, 2.05) is 0 Å². The SMILES string of the molecule is CCN(CC)S(=O)(=O)c1cccc(C(=O)OCC(N)=O)c1. The molecule has 7 nitrogen and oxygen atoms in total. The van der Waals surface area contributed by atoms with Crippen molar-refractivity contribution in [2.45, 2.75) is 18.7 Å². The fourth-order valence-corrected chi connectivity index (χ4v) is 3.22. The van der Waals surface area contributed by atoms with E-state index >= 15 is 0 Å². The van der Waals surface area contributed by atoms with Gasteiger partial charge < -0.3 is 10.5 Å². The average Bonchev–Trinajstić information content (AvgIpc) is 2.45. The van der Waals surface area contributed by atoms with Gasteiger partial charge in [0.15, 0.2) is 6.61 Å². The lowest BCUT2D eigenvalue weighted by Gasteiger charge is -2.18. The van der Waals surface area contributed by atoms with Crippen molar-refractivity contribution < 1.29 is 22.7 Å². The fourth-order valence-electron chi connectivity index (χ4n) is 1.72. The first kappa shape index (κ1) is 17.1. The number of nitrogens with zero attached hydrogens (tertiary/aromatic N) is 1. The van der Waals surface area contributed by atoms with Gasteiger partial charge in [0.05, 0.1) is 10.5 Å². The van der Waals surface area contributed by atoms with Crippen molar-refractivity contribution in [3.63, 3.8) is 0 Å². The van der Waals surface area contributed by atoms with Crippen molar-refractivity contribution in [3.05, 3.63) is 29.8 Å². The van der Waals surface area contributed by atoms with Crippen LogP contribution in [0.15, 0.2) is 29.2 Å². The van der Waals surface area contributed by atoms with Crippen LogP contribution in [0.4, 0.5) is 0 Å². The van der Waals surface area contributed by atoms with Crippen LogP contribution in [0.25, 0.3) is 0 Å². The normalized spacial score (nSPS) is 11.4. The molecule has 0 fully saturated rings. The van der Waals surface area contributed by atoms with E-state index in [0.717, 1.165) is 0 Å². The van der Waals surface area contributed by atoms with Crippen LogP contribution in [0.1, 0.15) is 24.2 Å². The summed E-state index contributed by atoms with van der Waals surface area (Å²) in [5, 5.41) is 0. The Hall–Kier alpha value is -1.93. The smallest absolute Gasteiger partial charge is 0.338 e. The summed E-state index contributed by atoms with van der Waals surface area (Å²) in [7, 11) is -3.65. The van der Waals surface area contributed by atoms with Gasteiger partial charge in [-0.15, -0.1) is 0 Å². The van der Waals surface area contributed by atoms with Crippen molar-refractivity contribution in [3.8, 4) is 0 Å². The molecular formula is C13H18N2O5S. The van der Waals surface area contributed by atoms with Crippen LogP contribution >= 0.6 is 0 Å². The molecule has 2 N–H and O–H groups in total. The van der Waals surface area contributed by atoms with Crippen LogP contribution in [0.3, 0.4) is 0 Å². The van der Waals surface area contributed by atoms with Gasteiger partial charge >= 0.3 is 5.97 Å². The summed E-state index contributed by atoms with van der Waals surface area (Å²) in [4.78, 5) is 22.3. The minimum Gasteiger partial charge on any atom is -0.452 e. The highest BCUT2D eigenvalue weighted by atomic mass is 32.2. The van der Waals surface area contributed by atoms with Crippen LogP contribution in [0.2, 0.25) is 0 Å². The van der Waals surface area contributed by atoms with Crippen molar-refractivity contribution in [2.24, 2.45) is 5.73 Å². The summed E-state index contributed by atoms with van der Waals surface area (Å²) >= 11 is 0. The summed E-state index contributed by atoms with van der Waals surface area (Å²) in [6.07, 6.45) is 0.